The van der Waals surface area contributed by atoms with Crippen molar-refractivity contribution in [3.63, 3.8) is 0 Å². The fraction of sp³-hybridized carbons (Fsp3) is 0.462. The third-order valence-electron chi connectivity index (χ3n) is 6.11. The molecule has 1 fully saturated rings. The number of halogens is 1. The summed E-state index contributed by atoms with van der Waals surface area (Å²) in [4.78, 5) is 6.97. The van der Waals surface area contributed by atoms with Crippen LogP contribution in [-0.2, 0) is 11.3 Å². The molecular weight excluding hydrogens is 421 g/mol. The number of hydrogen-bond donors (Lipinski definition) is 0. The van der Waals surface area contributed by atoms with E-state index in [9.17, 15) is 4.39 Å². The lowest BCUT2D eigenvalue weighted by Gasteiger charge is -2.36. The quantitative estimate of drug-likeness (QED) is 0.357. The summed E-state index contributed by atoms with van der Waals surface area (Å²) in [6.07, 6.45) is 5.54. The molecule has 1 atom stereocenters. The van der Waals surface area contributed by atoms with Crippen LogP contribution in [0.3, 0.4) is 0 Å². The van der Waals surface area contributed by atoms with Gasteiger partial charge in [-0.15, -0.1) is 0 Å². The van der Waals surface area contributed by atoms with E-state index in [1.165, 1.54) is 31.0 Å². The Labute approximate surface area is 194 Å². The summed E-state index contributed by atoms with van der Waals surface area (Å²) in [5.74, 6) is 0.537. The largest absolute Gasteiger partial charge is 0.491 e. The minimum atomic E-state index is -0.433. The van der Waals surface area contributed by atoms with E-state index in [4.69, 9.17) is 14.0 Å². The first kappa shape index (κ1) is 23.2. The average molecular weight is 454 g/mol. The van der Waals surface area contributed by atoms with E-state index in [0.29, 0.717) is 36.5 Å². The molecule has 0 amide bonds. The van der Waals surface area contributed by atoms with Crippen LogP contribution >= 0.6 is 0 Å². The normalized spacial score (nSPS) is 16.2. The van der Waals surface area contributed by atoms with E-state index in [1.807, 2.05) is 12.1 Å². The van der Waals surface area contributed by atoms with E-state index in [-0.39, 0.29) is 5.75 Å². The van der Waals surface area contributed by atoms with Gasteiger partial charge in [-0.25, -0.2) is 4.39 Å². The van der Waals surface area contributed by atoms with Gasteiger partial charge in [-0.3, -0.25) is 0 Å². The van der Waals surface area contributed by atoms with Crippen LogP contribution in [0.4, 0.5) is 10.1 Å². The zero-order valence-electron chi connectivity index (χ0n) is 19.6. The highest BCUT2D eigenvalue weighted by molar-refractivity contribution is 5.66. The van der Waals surface area contributed by atoms with Crippen molar-refractivity contribution >= 4 is 5.69 Å². The second-order valence-corrected chi connectivity index (χ2v) is 8.59. The summed E-state index contributed by atoms with van der Waals surface area (Å²) in [7, 11) is 1.70. The van der Waals surface area contributed by atoms with E-state index in [1.54, 1.807) is 19.2 Å². The van der Waals surface area contributed by atoms with Gasteiger partial charge in [0.25, 0.3) is 5.89 Å². The number of aromatic nitrogens is 2. The Balaban J connectivity index is 1.56. The summed E-state index contributed by atoms with van der Waals surface area (Å²) in [6, 6.07) is 11.4. The van der Waals surface area contributed by atoms with E-state index >= 15 is 0 Å². The van der Waals surface area contributed by atoms with Crippen molar-refractivity contribution in [2.24, 2.45) is 0 Å². The van der Waals surface area contributed by atoms with Gasteiger partial charge < -0.3 is 18.9 Å². The van der Waals surface area contributed by atoms with Crippen molar-refractivity contribution in [1.82, 2.24) is 10.1 Å². The number of methoxy groups -OCH3 is 1. The number of unbranched alkanes of at least 4 members (excludes halogenated alkanes) is 1. The minimum absolute atomic E-state index is 0.239. The van der Waals surface area contributed by atoms with Crippen molar-refractivity contribution in [1.29, 1.82) is 0 Å². The summed E-state index contributed by atoms with van der Waals surface area (Å²) >= 11 is 0. The molecule has 0 bridgehead atoms. The smallest absolute Gasteiger partial charge is 0.258 e. The standard InChI is InChI=1S/C26H32FN3O3/c1-4-5-14-32-24-12-10-19(16-22(24)27)25-28-26(33-29-25)20-9-11-23(21(15-20)17-31-3)30-13-7-6-8-18(30)2/h9-12,15-16,18H,4-8,13-14,17H2,1-3H3. The number of rotatable bonds is 9. The molecule has 0 N–H and O–H groups in total. The molecule has 1 unspecified atom stereocenters. The van der Waals surface area contributed by atoms with Crippen LogP contribution in [0.25, 0.3) is 22.8 Å². The molecule has 1 aliphatic rings. The lowest BCUT2D eigenvalue weighted by Crippen LogP contribution is -2.38. The van der Waals surface area contributed by atoms with Gasteiger partial charge in [0.2, 0.25) is 5.82 Å². The summed E-state index contributed by atoms with van der Waals surface area (Å²) in [6.45, 7) is 6.38. The highest BCUT2D eigenvalue weighted by Gasteiger charge is 2.22. The van der Waals surface area contributed by atoms with Crippen molar-refractivity contribution in [3.05, 3.63) is 47.8 Å². The molecule has 0 saturated carbocycles. The molecule has 0 aliphatic carbocycles. The van der Waals surface area contributed by atoms with Gasteiger partial charge in [0.05, 0.1) is 13.2 Å². The molecule has 6 nitrogen and oxygen atoms in total. The third kappa shape index (κ3) is 5.36. The second-order valence-electron chi connectivity index (χ2n) is 8.59. The lowest BCUT2D eigenvalue weighted by atomic mass is 10.00. The van der Waals surface area contributed by atoms with Crippen molar-refractivity contribution in [2.45, 2.75) is 58.6 Å². The van der Waals surface area contributed by atoms with Gasteiger partial charge in [0, 0.05) is 42.1 Å². The van der Waals surface area contributed by atoms with Gasteiger partial charge in [-0.05, 0) is 69.0 Å². The summed E-state index contributed by atoms with van der Waals surface area (Å²) < 4.78 is 30.9. The zero-order valence-corrected chi connectivity index (χ0v) is 19.6. The predicted molar refractivity (Wildman–Crippen MR) is 127 cm³/mol. The topological polar surface area (TPSA) is 60.6 Å². The fourth-order valence-electron chi connectivity index (χ4n) is 4.27. The van der Waals surface area contributed by atoms with Crippen LogP contribution in [0.15, 0.2) is 40.9 Å². The van der Waals surface area contributed by atoms with Crippen molar-refractivity contribution in [3.8, 4) is 28.6 Å². The van der Waals surface area contributed by atoms with Gasteiger partial charge in [0.1, 0.15) is 0 Å². The molecule has 33 heavy (non-hydrogen) atoms. The van der Waals surface area contributed by atoms with Gasteiger partial charge in [-0.1, -0.05) is 18.5 Å². The first-order valence-electron chi connectivity index (χ1n) is 11.8. The molecular formula is C26H32FN3O3. The van der Waals surface area contributed by atoms with E-state index < -0.39 is 5.82 Å². The zero-order chi connectivity index (χ0) is 23.2. The maximum Gasteiger partial charge on any atom is 0.258 e. The Morgan fingerprint density at radius 2 is 2.00 bits per heavy atom. The van der Waals surface area contributed by atoms with Crippen LogP contribution in [0.1, 0.15) is 51.5 Å². The molecule has 1 saturated heterocycles. The Morgan fingerprint density at radius 1 is 1.15 bits per heavy atom. The fourth-order valence-corrected chi connectivity index (χ4v) is 4.27. The van der Waals surface area contributed by atoms with E-state index in [2.05, 4.69) is 35.0 Å². The molecule has 2 aromatic carbocycles. The maximum atomic E-state index is 14.5. The van der Waals surface area contributed by atoms with Crippen molar-refractivity contribution < 1.29 is 18.4 Å². The lowest BCUT2D eigenvalue weighted by molar-refractivity contribution is 0.185. The Kier molecular flexibility index (Phi) is 7.60. The Morgan fingerprint density at radius 3 is 2.76 bits per heavy atom. The third-order valence-corrected chi connectivity index (χ3v) is 6.11. The molecule has 176 valence electrons. The van der Waals surface area contributed by atoms with Gasteiger partial charge in [-0.2, -0.15) is 4.98 Å². The van der Waals surface area contributed by atoms with Crippen molar-refractivity contribution in [2.75, 3.05) is 25.2 Å². The van der Waals surface area contributed by atoms with Crippen LogP contribution < -0.4 is 9.64 Å². The summed E-state index contributed by atoms with van der Waals surface area (Å²) in [5.41, 5.74) is 3.63. The molecule has 0 spiro atoms. The Hall–Kier alpha value is -2.93. The number of piperidine rings is 1. The molecule has 7 heteroatoms. The highest BCUT2D eigenvalue weighted by atomic mass is 19.1. The van der Waals surface area contributed by atoms with Gasteiger partial charge >= 0.3 is 0 Å². The molecule has 4 rings (SSSR count). The van der Waals surface area contributed by atoms with Crippen LogP contribution in [0.5, 0.6) is 5.75 Å². The molecule has 0 radical (unpaired) electrons. The van der Waals surface area contributed by atoms with Crippen LogP contribution in [0.2, 0.25) is 0 Å². The molecule has 1 aromatic heterocycles. The number of ether oxygens (including phenoxy) is 2. The predicted octanol–water partition coefficient (Wildman–Crippen LogP) is 6.25. The molecule has 2 heterocycles. The van der Waals surface area contributed by atoms with Gasteiger partial charge in [0.15, 0.2) is 11.6 Å². The number of benzene rings is 2. The highest BCUT2D eigenvalue weighted by Crippen LogP contribution is 2.33. The Bertz CT molecular complexity index is 1070. The number of anilines is 1. The monoisotopic (exact) mass is 453 g/mol. The first-order valence-corrected chi connectivity index (χ1v) is 11.8. The SMILES string of the molecule is CCCCOc1ccc(-c2noc(-c3ccc(N4CCCCC4C)c(COC)c3)n2)cc1F. The van der Waals surface area contributed by atoms with E-state index in [0.717, 1.165) is 30.5 Å². The molecule has 3 aromatic rings. The maximum absolute atomic E-state index is 14.5. The minimum Gasteiger partial charge on any atom is -0.491 e. The second kappa shape index (κ2) is 10.8. The first-order chi connectivity index (χ1) is 16.1. The molecule has 1 aliphatic heterocycles. The number of hydrogen-bond acceptors (Lipinski definition) is 6. The summed E-state index contributed by atoms with van der Waals surface area (Å²) in [5, 5.41) is 4.07. The van der Waals surface area contributed by atoms with Crippen LogP contribution in [0, 0.1) is 5.82 Å². The number of nitrogens with zero attached hydrogens (tertiary/aromatic N) is 3. The van der Waals surface area contributed by atoms with Crippen LogP contribution in [-0.4, -0.2) is 36.4 Å². The average Bonchev–Trinajstić information content (AvgIpc) is 3.31.